The van der Waals surface area contributed by atoms with Crippen LogP contribution in [0.15, 0.2) is 65.1 Å². The maximum Gasteiger partial charge on any atom is 0.0636 e. The van der Waals surface area contributed by atoms with Crippen molar-refractivity contribution in [2.45, 2.75) is 11.8 Å². The Morgan fingerprint density at radius 2 is 1.67 bits per heavy atom. The molecule has 21 heavy (non-hydrogen) atoms. The normalized spacial score (nSPS) is 12.5. The molecule has 0 fully saturated rings. The van der Waals surface area contributed by atoms with Crippen LogP contribution in [0, 0.1) is 0 Å². The average Bonchev–Trinajstić information content (AvgIpc) is 2.47. The Morgan fingerprint density at radius 1 is 0.905 bits per heavy atom. The zero-order valence-electron chi connectivity index (χ0n) is 11.2. The molecule has 0 heterocycles. The third-order valence-corrected chi connectivity index (χ3v) is 4.84. The highest BCUT2D eigenvalue weighted by Gasteiger charge is 2.13. The predicted octanol–water partition coefficient (Wildman–Crippen LogP) is 6.78. The number of benzene rings is 3. The number of hydrogen-bond donors (Lipinski definition) is 0. The molecule has 0 aliphatic carbocycles. The van der Waals surface area contributed by atoms with Crippen molar-refractivity contribution in [3.63, 3.8) is 0 Å². The lowest BCUT2D eigenvalue weighted by atomic mass is 10.0. The van der Waals surface area contributed by atoms with Crippen LogP contribution >= 0.6 is 39.1 Å². The number of hydrogen-bond acceptors (Lipinski definition) is 0. The highest BCUT2D eigenvalue weighted by molar-refractivity contribution is 9.10. The van der Waals surface area contributed by atoms with Crippen LogP contribution in [0.3, 0.4) is 0 Å². The van der Waals surface area contributed by atoms with Gasteiger partial charge in [0.05, 0.1) is 5.38 Å². The van der Waals surface area contributed by atoms with Gasteiger partial charge in [0, 0.05) is 9.50 Å². The fourth-order valence-electron chi connectivity index (χ4n) is 2.44. The molecule has 0 aliphatic heterocycles. The maximum atomic E-state index is 6.58. The molecule has 0 bridgehead atoms. The molecule has 106 valence electrons. The summed E-state index contributed by atoms with van der Waals surface area (Å²) in [4.78, 5) is 0. The smallest absolute Gasteiger partial charge is 0.0636 e. The van der Waals surface area contributed by atoms with Crippen LogP contribution in [0.1, 0.15) is 16.5 Å². The van der Waals surface area contributed by atoms with Crippen LogP contribution in [-0.2, 0) is 6.42 Å². The number of halogens is 3. The third-order valence-electron chi connectivity index (χ3n) is 3.53. The van der Waals surface area contributed by atoms with E-state index in [0.717, 1.165) is 16.5 Å². The Labute approximate surface area is 142 Å². The first-order chi connectivity index (χ1) is 10.1. The maximum absolute atomic E-state index is 6.58. The molecule has 3 aromatic carbocycles. The van der Waals surface area contributed by atoms with Crippen molar-refractivity contribution in [1.29, 1.82) is 0 Å². The quantitative estimate of drug-likeness (QED) is 0.440. The molecule has 0 spiro atoms. The van der Waals surface area contributed by atoms with Gasteiger partial charge in [-0.05, 0) is 40.5 Å². The second kappa shape index (κ2) is 6.39. The van der Waals surface area contributed by atoms with Crippen molar-refractivity contribution in [2.75, 3.05) is 0 Å². The fourth-order valence-corrected chi connectivity index (χ4v) is 3.90. The highest BCUT2D eigenvalue weighted by atomic mass is 79.9. The van der Waals surface area contributed by atoms with Gasteiger partial charge in [0.25, 0.3) is 0 Å². The van der Waals surface area contributed by atoms with E-state index in [4.69, 9.17) is 23.2 Å². The van der Waals surface area contributed by atoms with E-state index in [0.29, 0.717) is 5.02 Å². The molecule has 0 N–H and O–H groups in total. The Bertz CT molecular complexity index is 783. The summed E-state index contributed by atoms with van der Waals surface area (Å²) in [5.41, 5.74) is 2.30. The van der Waals surface area contributed by atoms with E-state index in [1.165, 1.54) is 16.3 Å². The second-order valence-corrected chi connectivity index (χ2v) is 6.84. The SMILES string of the molecule is Clc1ccc(C(Cl)Cc2ccc3ccccc3c2)c(Br)c1. The Hall–Kier alpha value is -1.02. The van der Waals surface area contributed by atoms with Crippen molar-refractivity contribution in [2.24, 2.45) is 0 Å². The van der Waals surface area contributed by atoms with Gasteiger partial charge in [0.2, 0.25) is 0 Å². The zero-order valence-corrected chi connectivity index (χ0v) is 14.3. The first-order valence-electron chi connectivity index (χ1n) is 6.70. The summed E-state index contributed by atoms with van der Waals surface area (Å²) in [5.74, 6) is 0. The molecule has 0 aromatic heterocycles. The topological polar surface area (TPSA) is 0 Å². The van der Waals surface area contributed by atoms with Gasteiger partial charge in [-0.25, -0.2) is 0 Å². The van der Waals surface area contributed by atoms with Gasteiger partial charge >= 0.3 is 0 Å². The van der Waals surface area contributed by atoms with Crippen LogP contribution < -0.4 is 0 Å². The average molecular weight is 380 g/mol. The molecule has 3 heteroatoms. The first kappa shape index (κ1) is 14.9. The zero-order chi connectivity index (χ0) is 14.8. The van der Waals surface area contributed by atoms with Crippen LogP contribution in [0.4, 0.5) is 0 Å². The predicted molar refractivity (Wildman–Crippen MR) is 95.4 cm³/mol. The fraction of sp³-hybridized carbons (Fsp3) is 0.111. The lowest BCUT2D eigenvalue weighted by Gasteiger charge is -2.13. The van der Waals surface area contributed by atoms with Crippen molar-refractivity contribution < 1.29 is 0 Å². The van der Waals surface area contributed by atoms with E-state index in [9.17, 15) is 0 Å². The lowest BCUT2D eigenvalue weighted by molar-refractivity contribution is 0.916. The van der Waals surface area contributed by atoms with Crippen molar-refractivity contribution >= 4 is 49.9 Å². The van der Waals surface area contributed by atoms with Crippen molar-refractivity contribution in [3.05, 3.63) is 81.3 Å². The molecule has 0 saturated heterocycles. The molecule has 1 atom stereocenters. The van der Waals surface area contributed by atoms with E-state index >= 15 is 0 Å². The van der Waals surface area contributed by atoms with Crippen LogP contribution in [0.2, 0.25) is 5.02 Å². The Kier molecular flexibility index (Phi) is 4.54. The summed E-state index contributed by atoms with van der Waals surface area (Å²) in [7, 11) is 0. The van der Waals surface area contributed by atoms with Gasteiger partial charge in [0.15, 0.2) is 0 Å². The third kappa shape index (κ3) is 3.42. The van der Waals surface area contributed by atoms with Gasteiger partial charge in [-0.3, -0.25) is 0 Å². The molecule has 3 rings (SSSR count). The number of rotatable bonds is 3. The molecule has 0 radical (unpaired) electrons. The Morgan fingerprint density at radius 3 is 2.43 bits per heavy atom. The standard InChI is InChI=1S/C18H13BrCl2/c19-17-11-15(20)7-8-16(17)18(21)10-12-5-6-13-3-1-2-4-14(13)9-12/h1-9,11,18H,10H2. The minimum atomic E-state index is -0.0854. The van der Waals surface area contributed by atoms with Crippen molar-refractivity contribution in [3.8, 4) is 0 Å². The van der Waals surface area contributed by atoms with Crippen LogP contribution in [0.5, 0.6) is 0 Å². The molecule has 0 aliphatic rings. The molecular weight excluding hydrogens is 367 g/mol. The molecular formula is C18H13BrCl2. The summed E-state index contributed by atoms with van der Waals surface area (Å²) in [5, 5.41) is 3.12. The summed E-state index contributed by atoms with van der Waals surface area (Å²) in [6, 6.07) is 20.6. The Balaban J connectivity index is 1.87. The summed E-state index contributed by atoms with van der Waals surface area (Å²) >= 11 is 16.1. The molecule has 3 aromatic rings. The van der Waals surface area contributed by atoms with E-state index in [1.54, 1.807) is 0 Å². The van der Waals surface area contributed by atoms with E-state index in [2.05, 4.69) is 58.4 Å². The lowest BCUT2D eigenvalue weighted by Crippen LogP contribution is -1.97. The minimum absolute atomic E-state index is 0.0854. The second-order valence-electron chi connectivity index (χ2n) is 5.02. The number of fused-ring (bicyclic) bond motifs is 1. The van der Waals surface area contributed by atoms with Gasteiger partial charge in [-0.1, -0.05) is 76.1 Å². The largest absolute Gasteiger partial charge is 0.117 e. The molecule has 0 nitrogen and oxygen atoms in total. The van der Waals surface area contributed by atoms with E-state index < -0.39 is 0 Å². The van der Waals surface area contributed by atoms with E-state index in [1.807, 2.05) is 18.2 Å². The minimum Gasteiger partial charge on any atom is -0.117 e. The van der Waals surface area contributed by atoms with Gasteiger partial charge in [0.1, 0.15) is 0 Å². The van der Waals surface area contributed by atoms with Crippen molar-refractivity contribution in [1.82, 2.24) is 0 Å². The van der Waals surface area contributed by atoms with Crippen LogP contribution in [-0.4, -0.2) is 0 Å². The summed E-state index contributed by atoms with van der Waals surface area (Å²) in [6.45, 7) is 0. The monoisotopic (exact) mass is 378 g/mol. The first-order valence-corrected chi connectivity index (χ1v) is 8.31. The molecule has 0 saturated carbocycles. The summed E-state index contributed by atoms with van der Waals surface area (Å²) in [6.07, 6.45) is 0.784. The van der Waals surface area contributed by atoms with E-state index in [-0.39, 0.29) is 5.38 Å². The summed E-state index contributed by atoms with van der Waals surface area (Å²) < 4.78 is 0.954. The molecule has 1 unspecified atom stereocenters. The van der Waals surface area contributed by atoms with Gasteiger partial charge in [-0.2, -0.15) is 0 Å². The molecule has 0 amide bonds. The van der Waals surface area contributed by atoms with Gasteiger partial charge < -0.3 is 0 Å². The highest BCUT2D eigenvalue weighted by Crippen LogP contribution is 2.33. The number of alkyl halides is 1. The van der Waals surface area contributed by atoms with Gasteiger partial charge in [-0.15, -0.1) is 11.6 Å². The van der Waals surface area contributed by atoms with Crippen LogP contribution in [0.25, 0.3) is 10.8 Å².